The first-order chi connectivity index (χ1) is 8.29. The van der Waals surface area contributed by atoms with E-state index in [1.807, 2.05) is 6.92 Å². The van der Waals surface area contributed by atoms with Crippen molar-refractivity contribution in [2.45, 2.75) is 26.0 Å². The quantitative estimate of drug-likeness (QED) is 0.751. The number of hydrogen-bond acceptors (Lipinski definition) is 5. The molecule has 0 N–H and O–H groups in total. The molecule has 1 aromatic heterocycles. The van der Waals surface area contributed by atoms with Crippen molar-refractivity contribution in [3.05, 3.63) is 17.0 Å². The van der Waals surface area contributed by atoms with E-state index in [-0.39, 0.29) is 11.5 Å². The Labute approximate surface area is 104 Å². The Kier molecular flexibility index (Phi) is 2.72. The van der Waals surface area contributed by atoms with Gasteiger partial charge in [-0.2, -0.15) is 4.98 Å². The molecule has 3 rings (SSSR count). The Hall–Kier alpha value is -1.20. The Morgan fingerprint density at radius 2 is 2.41 bits per heavy atom. The lowest BCUT2D eigenvalue weighted by Gasteiger charge is -2.31. The molecule has 2 aliphatic rings. The number of rotatable bonds is 2. The Balaban J connectivity index is 2.01. The van der Waals surface area contributed by atoms with Crippen molar-refractivity contribution in [2.24, 2.45) is 4.99 Å². The molecule has 0 radical (unpaired) electrons. The number of ether oxygens (including phenoxy) is 1. The van der Waals surface area contributed by atoms with Crippen LogP contribution >= 0.6 is 11.6 Å². The molecule has 1 aromatic rings. The summed E-state index contributed by atoms with van der Waals surface area (Å²) < 4.78 is 5.68. The standard InChI is InChI=1S/C11H13ClN4O/c1-2-17-9-6-13-8-4-3-7-5-14-11(12)15-10(7)16(8)9/h5,9H,2-4,6H2,1H3. The molecule has 2 aliphatic heterocycles. The number of amidine groups is 1. The third-order valence-corrected chi connectivity index (χ3v) is 3.20. The summed E-state index contributed by atoms with van der Waals surface area (Å²) >= 11 is 5.86. The van der Waals surface area contributed by atoms with E-state index in [1.165, 1.54) is 0 Å². The maximum Gasteiger partial charge on any atom is 0.224 e. The van der Waals surface area contributed by atoms with Crippen LogP contribution < -0.4 is 4.90 Å². The number of anilines is 1. The van der Waals surface area contributed by atoms with Crippen LogP contribution in [0.3, 0.4) is 0 Å². The lowest BCUT2D eigenvalue weighted by atomic mass is 10.1. The topological polar surface area (TPSA) is 50.6 Å². The second-order valence-electron chi connectivity index (χ2n) is 4.02. The predicted octanol–water partition coefficient (Wildman–Crippen LogP) is 1.66. The molecule has 1 unspecified atom stereocenters. The molecule has 3 heterocycles. The van der Waals surface area contributed by atoms with E-state index in [1.54, 1.807) is 6.20 Å². The molecule has 6 heteroatoms. The Morgan fingerprint density at radius 3 is 3.24 bits per heavy atom. The van der Waals surface area contributed by atoms with Gasteiger partial charge in [-0.1, -0.05) is 0 Å². The molecule has 90 valence electrons. The van der Waals surface area contributed by atoms with Gasteiger partial charge in [0.1, 0.15) is 11.7 Å². The van der Waals surface area contributed by atoms with Gasteiger partial charge in [-0.25, -0.2) is 4.98 Å². The molecule has 0 aromatic carbocycles. The van der Waals surface area contributed by atoms with Gasteiger partial charge in [-0.05, 0) is 24.9 Å². The van der Waals surface area contributed by atoms with Gasteiger partial charge < -0.3 is 4.74 Å². The first-order valence-corrected chi connectivity index (χ1v) is 6.13. The van der Waals surface area contributed by atoms with Crippen LogP contribution in [0.4, 0.5) is 5.82 Å². The van der Waals surface area contributed by atoms with Gasteiger partial charge in [0, 0.05) is 24.8 Å². The fourth-order valence-corrected chi connectivity index (χ4v) is 2.42. The molecule has 0 saturated carbocycles. The first-order valence-electron chi connectivity index (χ1n) is 5.75. The van der Waals surface area contributed by atoms with Crippen molar-refractivity contribution in [3.63, 3.8) is 0 Å². The minimum Gasteiger partial charge on any atom is -0.356 e. The van der Waals surface area contributed by atoms with E-state index in [0.29, 0.717) is 13.2 Å². The van der Waals surface area contributed by atoms with Gasteiger partial charge in [-0.3, -0.25) is 9.89 Å². The third-order valence-electron chi connectivity index (χ3n) is 3.01. The van der Waals surface area contributed by atoms with Crippen LogP contribution in [0.25, 0.3) is 0 Å². The SMILES string of the molecule is CCOC1CN=C2CCc3cnc(Cl)nc3N21. The minimum atomic E-state index is -0.0417. The van der Waals surface area contributed by atoms with Gasteiger partial charge in [0.15, 0.2) is 6.23 Å². The van der Waals surface area contributed by atoms with E-state index >= 15 is 0 Å². The zero-order chi connectivity index (χ0) is 11.8. The van der Waals surface area contributed by atoms with Gasteiger partial charge in [0.05, 0.1) is 6.54 Å². The van der Waals surface area contributed by atoms with E-state index in [0.717, 1.165) is 30.1 Å². The summed E-state index contributed by atoms with van der Waals surface area (Å²) in [4.78, 5) is 14.9. The van der Waals surface area contributed by atoms with Crippen molar-refractivity contribution in [1.82, 2.24) is 9.97 Å². The summed E-state index contributed by atoms with van der Waals surface area (Å²) in [5, 5.41) is 0.271. The summed E-state index contributed by atoms with van der Waals surface area (Å²) in [5.41, 5.74) is 1.11. The highest BCUT2D eigenvalue weighted by atomic mass is 35.5. The Morgan fingerprint density at radius 1 is 1.53 bits per heavy atom. The number of aliphatic imine (C=N–C) groups is 1. The molecule has 0 amide bonds. The second kappa shape index (κ2) is 4.23. The number of nitrogens with zero attached hydrogens (tertiary/aromatic N) is 4. The molecule has 17 heavy (non-hydrogen) atoms. The van der Waals surface area contributed by atoms with Gasteiger partial charge in [0.2, 0.25) is 5.28 Å². The van der Waals surface area contributed by atoms with Crippen molar-refractivity contribution in [2.75, 3.05) is 18.1 Å². The number of halogens is 1. The molecule has 1 atom stereocenters. The number of aromatic nitrogens is 2. The lowest BCUT2D eigenvalue weighted by Crippen LogP contribution is -2.42. The smallest absolute Gasteiger partial charge is 0.224 e. The van der Waals surface area contributed by atoms with Crippen molar-refractivity contribution < 1.29 is 4.74 Å². The zero-order valence-electron chi connectivity index (χ0n) is 9.56. The maximum absolute atomic E-state index is 5.86. The highest BCUT2D eigenvalue weighted by molar-refractivity contribution is 6.28. The summed E-state index contributed by atoms with van der Waals surface area (Å²) in [7, 11) is 0. The monoisotopic (exact) mass is 252 g/mol. The van der Waals surface area contributed by atoms with Crippen LogP contribution in [0.2, 0.25) is 5.28 Å². The largest absolute Gasteiger partial charge is 0.356 e. The van der Waals surface area contributed by atoms with Crippen molar-refractivity contribution in [3.8, 4) is 0 Å². The fraction of sp³-hybridized carbons (Fsp3) is 0.545. The molecule has 0 saturated heterocycles. The molecule has 0 fully saturated rings. The highest BCUT2D eigenvalue weighted by Crippen LogP contribution is 2.31. The molecule has 0 bridgehead atoms. The van der Waals surface area contributed by atoms with Crippen LogP contribution in [0.1, 0.15) is 18.9 Å². The molecule has 0 spiro atoms. The van der Waals surface area contributed by atoms with Crippen molar-refractivity contribution in [1.29, 1.82) is 0 Å². The average molecular weight is 253 g/mol. The summed E-state index contributed by atoms with van der Waals surface area (Å²) in [5.74, 6) is 1.90. The summed E-state index contributed by atoms with van der Waals surface area (Å²) in [6.07, 6.45) is 3.59. The van der Waals surface area contributed by atoms with Crippen LogP contribution in [0.15, 0.2) is 11.2 Å². The number of hydrogen-bond donors (Lipinski definition) is 0. The third kappa shape index (κ3) is 1.79. The number of fused-ring (bicyclic) bond motifs is 3. The van der Waals surface area contributed by atoms with E-state index in [4.69, 9.17) is 16.3 Å². The first kappa shape index (κ1) is 10.9. The molecular weight excluding hydrogens is 240 g/mol. The summed E-state index contributed by atoms with van der Waals surface area (Å²) in [6.45, 7) is 3.32. The van der Waals surface area contributed by atoms with Crippen molar-refractivity contribution >= 4 is 23.3 Å². The highest BCUT2D eigenvalue weighted by Gasteiger charge is 2.34. The average Bonchev–Trinajstić information content (AvgIpc) is 2.73. The predicted molar refractivity (Wildman–Crippen MR) is 65.6 cm³/mol. The molecular formula is C11H13ClN4O. The van der Waals surface area contributed by atoms with Crippen LogP contribution in [0.5, 0.6) is 0 Å². The van der Waals surface area contributed by atoms with Crippen LogP contribution in [0, 0.1) is 0 Å². The zero-order valence-corrected chi connectivity index (χ0v) is 10.3. The van der Waals surface area contributed by atoms with Crippen LogP contribution in [-0.2, 0) is 11.2 Å². The van der Waals surface area contributed by atoms with E-state index in [2.05, 4.69) is 19.9 Å². The lowest BCUT2D eigenvalue weighted by molar-refractivity contribution is 0.0804. The second-order valence-corrected chi connectivity index (χ2v) is 4.36. The Bertz CT molecular complexity index is 477. The fourth-order valence-electron chi connectivity index (χ4n) is 2.29. The van der Waals surface area contributed by atoms with Crippen LogP contribution in [-0.4, -0.2) is 35.2 Å². The summed E-state index contributed by atoms with van der Waals surface area (Å²) in [6, 6.07) is 0. The molecule has 5 nitrogen and oxygen atoms in total. The molecule has 0 aliphatic carbocycles. The normalized spacial score (nSPS) is 22.1. The van der Waals surface area contributed by atoms with Gasteiger partial charge >= 0.3 is 0 Å². The van der Waals surface area contributed by atoms with E-state index < -0.39 is 0 Å². The van der Waals surface area contributed by atoms with E-state index in [9.17, 15) is 0 Å². The van der Waals surface area contributed by atoms with Gasteiger partial charge in [-0.15, -0.1) is 0 Å². The number of aryl methyl sites for hydroxylation is 1. The van der Waals surface area contributed by atoms with Gasteiger partial charge in [0.25, 0.3) is 0 Å². The minimum absolute atomic E-state index is 0.0417. The maximum atomic E-state index is 5.86.